The molecule has 0 aromatic heterocycles. The van der Waals surface area contributed by atoms with Crippen LogP contribution in [0.2, 0.25) is 0 Å². The third-order valence-corrected chi connectivity index (χ3v) is 4.50. The largest absolute Gasteiger partial charge is 0.378 e. The molecule has 0 aliphatic carbocycles. The molecular weight excluding hydrogens is 326 g/mol. The van der Waals surface area contributed by atoms with Gasteiger partial charge < -0.3 is 15.0 Å². The second-order valence-electron chi connectivity index (χ2n) is 6.82. The number of aryl methyl sites for hydroxylation is 1. The van der Waals surface area contributed by atoms with Crippen molar-refractivity contribution in [3.05, 3.63) is 59.7 Å². The molecule has 1 aliphatic heterocycles. The number of rotatable bonds is 6. The van der Waals surface area contributed by atoms with Gasteiger partial charge >= 0.3 is 0 Å². The minimum Gasteiger partial charge on any atom is -0.378 e. The van der Waals surface area contributed by atoms with Crippen molar-refractivity contribution >= 4 is 17.3 Å². The molecule has 0 spiro atoms. The van der Waals surface area contributed by atoms with Crippen LogP contribution in [0, 0.1) is 6.92 Å². The van der Waals surface area contributed by atoms with Gasteiger partial charge in [0.25, 0.3) is 0 Å². The predicted octanol–water partition coefficient (Wildman–Crippen LogP) is 2.90. The van der Waals surface area contributed by atoms with E-state index in [-0.39, 0.29) is 5.91 Å². The number of nitrogens with one attached hydrogen (secondary N) is 1. The van der Waals surface area contributed by atoms with E-state index in [1.165, 1.54) is 11.3 Å². The Morgan fingerprint density at radius 3 is 2.69 bits per heavy atom. The van der Waals surface area contributed by atoms with Crippen LogP contribution in [-0.2, 0) is 16.1 Å². The van der Waals surface area contributed by atoms with Gasteiger partial charge in [-0.15, -0.1) is 0 Å². The number of para-hydroxylation sites is 1. The Kier molecular flexibility index (Phi) is 6.26. The lowest BCUT2D eigenvalue weighted by Crippen LogP contribution is -2.37. The first-order chi connectivity index (χ1) is 12.6. The van der Waals surface area contributed by atoms with Crippen molar-refractivity contribution in [2.45, 2.75) is 13.5 Å². The minimum atomic E-state index is 0.00181. The summed E-state index contributed by atoms with van der Waals surface area (Å²) in [6, 6.07) is 16.3. The molecule has 1 aliphatic rings. The van der Waals surface area contributed by atoms with Crippen molar-refractivity contribution in [1.82, 2.24) is 4.90 Å². The van der Waals surface area contributed by atoms with E-state index in [0.717, 1.165) is 44.1 Å². The van der Waals surface area contributed by atoms with Gasteiger partial charge in [0.15, 0.2) is 0 Å². The van der Waals surface area contributed by atoms with Gasteiger partial charge in [0.2, 0.25) is 5.91 Å². The molecule has 2 aromatic rings. The number of amides is 1. The van der Waals surface area contributed by atoms with Crippen LogP contribution < -0.4 is 10.2 Å². The summed E-state index contributed by atoms with van der Waals surface area (Å²) in [6.45, 7) is 6.46. The average molecular weight is 353 g/mol. The van der Waals surface area contributed by atoms with Gasteiger partial charge in [-0.3, -0.25) is 9.69 Å². The summed E-state index contributed by atoms with van der Waals surface area (Å²) in [5, 5.41) is 2.97. The number of anilines is 2. The maximum Gasteiger partial charge on any atom is 0.238 e. The highest BCUT2D eigenvalue weighted by Gasteiger charge is 2.16. The van der Waals surface area contributed by atoms with Gasteiger partial charge in [-0.05, 0) is 43.3 Å². The molecule has 0 saturated carbocycles. The molecule has 2 aromatic carbocycles. The molecule has 26 heavy (non-hydrogen) atoms. The van der Waals surface area contributed by atoms with E-state index in [0.29, 0.717) is 6.54 Å². The van der Waals surface area contributed by atoms with Crippen LogP contribution in [0.25, 0.3) is 0 Å². The molecule has 1 heterocycles. The SMILES string of the molecule is Cc1cccc(NC(=O)CN(C)Cc2ccccc2N2CCOCC2)c1. The highest BCUT2D eigenvalue weighted by atomic mass is 16.5. The molecule has 1 amide bonds. The second kappa shape index (κ2) is 8.83. The van der Waals surface area contributed by atoms with Crippen LogP contribution in [0.4, 0.5) is 11.4 Å². The first-order valence-electron chi connectivity index (χ1n) is 9.07. The zero-order chi connectivity index (χ0) is 18.4. The number of hydrogen-bond acceptors (Lipinski definition) is 4. The highest BCUT2D eigenvalue weighted by molar-refractivity contribution is 5.92. The fourth-order valence-corrected chi connectivity index (χ4v) is 3.27. The molecule has 0 radical (unpaired) electrons. The smallest absolute Gasteiger partial charge is 0.238 e. The Morgan fingerprint density at radius 1 is 1.15 bits per heavy atom. The van der Waals surface area contributed by atoms with Crippen molar-refractivity contribution < 1.29 is 9.53 Å². The fraction of sp³-hybridized carbons (Fsp3) is 0.381. The number of carbonyl (C=O) groups is 1. The third-order valence-electron chi connectivity index (χ3n) is 4.50. The van der Waals surface area contributed by atoms with Crippen molar-refractivity contribution in [1.29, 1.82) is 0 Å². The number of benzene rings is 2. The summed E-state index contributed by atoms with van der Waals surface area (Å²) in [4.78, 5) is 16.7. The van der Waals surface area contributed by atoms with E-state index in [9.17, 15) is 4.79 Å². The van der Waals surface area contributed by atoms with E-state index in [2.05, 4.69) is 34.5 Å². The van der Waals surface area contributed by atoms with E-state index in [1.54, 1.807) is 0 Å². The first-order valence-corrected chi connectivity index (χ1v) is 9.07. The monoisotopic (exact) mass is 353 g/mol. The quantitative estimate of drug-likeness (QED) is 0.867. The standard InChI is InChI=1S/C21H27N3O2/c1-17-6-5-8-19(14-17)22-21(25)16-23(2)15-18-7-3-4-9-20(18)24-10-12-26-13-11-24/h3-9,14H,10-13,15-16H2,1-2H3,(H,22,25). The summed E-state index contributed by atoms with van der Waals surface area (Å²) >= 11 is 0. The number of hydrogen-bond donors (Lipinski definition) is 1. The highest BCUT2D eigenvalue weighted by Crippen LogP contribution is 2.22. The van der Waals surface area contributed by atoms with Crippen LogP contribution in [0.1, 0.15) is 11.1 Å². The maximum atomic E-state index is 12.3. The molecule has 5 nitrogen and oxygen atoms in total. The van der Waals surface area contributed by atoms with Gasteiger partial charge in [-0.25, -0.2) is 0 Å². The van der Waals surface area contributed by atoms with E-state index in [4.69, 9.17) is 4.74 Å². The Labute approximate surface area is 155 Å². The van der Waals surface area contributed by atoms with E-state index in [1.807, 2.05) is 43.1 Å². The Morgan fingerprint density at radius 2 is 1.92 bits per heavy atom. The van der Waals surface area contributed by atoms with Crippen LogP contribution >= 0.6 is 0 Å². The summed E-state index contributed by atoms with van der Waals surface area (Å²) in [5.41, 5.74) is 4.45. The molecule has 1 N–H and O–H groups in total. The molecule has 0 unspecified atom stereocenters. The first kappa shape index (κ1) is 18.4. The molecule has 1 saturated heterocycles. The lowest BCUT2D eigenvalue weighted by Gasteiger charge is -2.31. The number of likely N-dealkylation sites (N-methyl/N-ethyl adjacent to an activating group) is 1. The van der Waals surface area contributed by atoms with Gasteiger partial charge in [0, 0.05) is 31.0 Å². The minimum absolute atomic E-state index is 0.00181. The summed E-state index contributed by atoms with van der Waals surface area (Å²) in [7, 11) is 1.98. The van der Waals surface area contributed by atoms with Crippen LogP contribution in [0.5, 0.6) is 0 Å². The number of ether oxygens (including phenoxy) is 1. The molecule has 0 atom stereocenters. The lowest BCUT2D eigenvalue weighted by atomic mass is 10.1. The van der Waals surface area contributed by atoms with Crippen molar-refractivity contribution in [2.24, 2.45) is 0 Å². The molecule has 3 rings (SSSR count). The second-order valence-corrected chi connectivity index (χ2v) is 6.82. The maximum absolute atomic E-state index is 12.3. The van der Waals surface area contributed by atoms with E-state index < -0.39 is 0 Å². The fourth-order valence-electron chi connectivity index (χ4n) is 3.27. The summed E-state index contributed by atoms with van der Waals surface area (Å²) < 4.78 is 5.45. The van der Waals surface area contributed by atoms with Crippen LogP contribution in [0.3, 0.4) is 0 Å². The van der Waals surface area contributed by atoms with Gasteiger partial charge in [0.05, 0.1) is 19.8 Å². The number of carbonyl (C=O) groups excluding carboxylic acids is 1. The number of morpholine rings is 1. The van der Waals surface area contributed by atoms with Crippen molar-refractivity contribution in [3.63, 3.8) is 0 Å². The van der Waals surface area contributed by atoms with Crippen molar-refractivity contribution in [2.75, 3.05) is 50.1 Å². The Bertz CT molecular complexity index is 742. The molecule has 5 heteroatoms. The van der Waals surface area contributed by atoms with Gasteiger partial charge in [0.1, 0.15) is 0 Å². The summed E-state index contributed by atoms with van der Waals surface area (Å²) in [6.07, 6.45) is 0. The third kappa shape index (κ3) is 5.07. The molecule has 0 bridgehead atoms. The molecule has 1 fully saturated rings. The Balaban J connectivity index is 1.59. The van der Waals surface area contributed by atoms with Gasteiger partial charge in [-0.1, -0.05) is 30.3 Å². The molecule has 138 valence electrons. The van der Waals surface area contributed by atoms with Gasteiger partial charge in [-0.2, -0.15) is 0 Å². The number of nitrogens with zero attached hydrogens (tertiary/aromatic N) is 2. The summed E-state index contributed by atoms with van der Waals surface area (Å²) in [5.74, 6) is 0.00181. The van der Waals surface area contributed by atoms with Crippen LogP contribution in [0.15, 0.2) is 48.5 Å². The normalized spacial score (nSPS) is 14.5. The topological polar surface area (TPSA) is 44.8 Å². The predicted molar refractivity (Wildman–Crippen MR) is 106 cm³/mol. The van der Waals surface area contributed by atoms with E-state index >= 15 is 0 Å². The zero-order valence-corrected chi connectivity index (χ0v) is 15.6. The zero-order valence-electron chi connectivity index (χ0n) is 15.6. The lowest BCUT2D eigenvalue weighted by molar-refractivity contribution is -0.117. The average Bonchev–Trinajstić information content (AvgIpc) is 2.62. The van der Waals surface area contributed by atoms with Crippen molar-refractivity contribution in [3.8, 4) is 0 Å². The molecular formula is C21H27N3O2. The van der Waals surface area contributed by atoms with Crippen LogP contribution in [-0.4, -0.2) is 50.7 Å². The Hall–Kier alpha value is -2.37.